The zero-order valence-corrected chi connectivity index (χ0v) is 12.3. The van der Waals surface area contributed by atoms with Crippen LogP contribution in [0.15, 0.2) is 24.3 Å². The van der Waals surface area contributed by atoms with E-state index in [1.165, 1.54) is 20.0 Å². The number of hydrogen-bond acceptors (Lipinski definition) is 4. The van der Waals surface area contributed by atoms with Crippen molar-refractivity contribution >= 4 is 18.4 Å². The SMILES string of the molecule is COC(=O)c1ccc(OC2CC3CCC(C2)N3)cc1.Cl. The average Bonchev–Trinajstić information content (AvgIpc) is 2.78. The summed E-state index contributed by atoms with van der Waals surface area (Å²) in [6.07, 6.45) is 4.99. The van der Waals surface area contributed by atoms with Crippen molar-refractivity contribution in [2.45, 2.75) is 43.9 Å². The Morgan fingerprint density at radius 1 is 1.15 bits per heavy atom. The normalized spacial score (nSPS) is 27.6. The number of methoxy groups -OCH3 is 1. The molecule has 2 atom stereocenters. The highest BCUT2D eigenvalue weighted by atomic mass is 35.5. The average molecular weight is 298 g/mol. The summed E-state index contributed by atoms with van der Waals surface area (Å²) in [6, 6.07) is 8.43. The van der Waals surface area contributed by atoms with Gasteiger partial charge in [0.25, 0.3) is 0 Å². The third kappa shape index (κ3) is 3.25. The molecule has 2 fully saturated rings. The molecule has 2 aliphatic rings. The molecule has 2 aliphatic heterocycles. The van der Waals surface area contributed by atoms with Crippen LogP contribution in [-0.2, 0) is 4.74 Å². The van der Waals surface area contributed by atoms with Crippen molar-refractivity contribution in [2.24, 2.45) is 0 Å². The van der Waals surface area contributed by atoms with Gasteiger partial charge >= 0.3 is 5.97 Å². The van der Waals surface area contributed by atoms with Crippen molar-refractivity contribution in [3.8, 4) is 5.75 Å². The van der Waals surface area contributed by atoms with Crippen LogP contribution in [0.5, 0.6) is 5.75 Å². The number of carbonyl (C=O) groups excluding carboxylic acids is 1. The van der Waals surface area contributed by atoms with E-state index in [1.807, 2.05) is 12.1 Å². The van der Waals surface area contributed by atoms with Crippen molar-refractivity contribution in [2.75, 3.05) is 7.11 Å². The minimum absolute atomic E-state index is 0. The smallest absolute Gasteiger partial charge is 0.337 e. The number of halogens is 1. The molecule has 1 aromatic carbocycles. The highest BCUT2D eigenvalue weighted by molar-refractivity contribution is 5.89. The molecule has 2 unspecified atom stereocenters. The number of esters is 1. The predicted octanol–water partition coefficient (Wildman–Crippen LogP) is 2.56. The number of ether oxygens (including phenoxy) is 2. The van der Waals surface area contributed by atoms with Crippen molar-refractivity contribution in [3.05, 3.63) is 29.8 Å². The Morgan fingerprint density at radius 2 is 1.75 bits per heavy atom. The molecule has 0 amide bonds. The van der Waals surface area contributed by atoms with Crippen LogP contribution in [0.2, 0.25) is 0 Å². The summed E-state index contributed by atoms with van der Waals surface area (Å²) >= 11 is 0. The molecule has 2 bridgehead atoms. The molecule has 3 rings (SSSR count). The summed E-state index contributed by atoms with van der Waals surface area (Å²) in [5.41, 5.74) is 0.556. The lowest BCUT2D eigenvalue weighted by Crippen LogP contribution is -2.42. The fourth-order valence-corrected chi connectivity index (χ4v) is 3.08. The van der Waals surface area contributed by atoms with Gasteiger partial charge in [0.1, 0.15) is 11.9 Å². The number of piperidine rings is 1. The number of nitrogens with one attached hydrogen (secondary N) is 1. The molecule has 0 saturated carbocycles. The Bertz CT molecular complexity index is 451. The second-order valence-corrected chi connectivity index (χ2v) is 5.37. The van der Waals surface area contributed by atoms with Crippen molar-refractivity contribution in [3.63, 3.8) is 0 Å². The van der Waals surface area contributed by atoms with E-state index < -0.39 is 0 Å². The van der Waals surface area contributed by atoms with Gasteiger partial charge in [-0.3, -0.25) is 0 Å². The van der Waals surface area contributed by atoms with E-state index in [2.05, 4.69) is 10.1 Å². The van der Waals surface area contributed by atoms with Crippen LogP contribution in [0.1, 0.15) is 36.0 Å². The van der Waals surface area contributed by atoms with Crippen LogP contribution in [0.25, 0.3) is 0 Å². The van der Waals surface area contributed by atoms with Crippen LogP contribution < -0.4 is 10.1 Å². The van der Waals surface area contributed by atoms with E-state index in [9.17, 15) is 4.79 Å². The zero-order chi connectivity index (χ0) is 13.2. The number of fused-ring (bicyclic) bond motifs is 2. The van der Waals surface area contributed by atoms with E-state index in [4.69, 9.17) is 4.74 Å². The van der Waals surface area contributed by atoms with Crippen LogP contribution in [0.3, 0.4) is 0 Å². The maximum Gasteiger partial charge on any atom is 0.337 e. The van der Waals surface area contributed by atoms with Crippen molar-refractivity contribution < 1.29 is 14.3 Å². The summed E-state index contributed by atoms with van der Waals surface area (Å²) in [5, 5.41) is 3.60. The van der Waals surface area contributed by atoms with Gasteiger partial charge in [-0.1, -0.05) is 0 Å². The van der Waals surface area contributed by atoms with Crippen LogP contribution in [-0.4, -0.2) is 31.3 Å². The largest absolute Gasteiger partial charge is 0.490 e. The first-order chi connectivity index (χ1) is 9.24. The van der Waals surface area contributed by atoms with Crippen LogP contribution in [0.4, 0.5) is 0 Å². The predicted molar refractivity (Wildman–Crippen MR) is 78.6 cm³/mol. The van der Waals surface area contributed by atoms with Crippen LogP contribution >= 0.6 is 12.4 Å². The Kier molecular flexibility index (Phi) is 4.89. The molecule has 0 radical (unpaired) electrons. The van der Waals surface area contributed by atoms with Gasteiger partial charge in [-0.25, -0.2) is 4.79 Å². The number of carbonyl (C=O) groups is 1. The highest BCUT2D eigenvalue weighted by Gasteiger charge is 2.34. The van der Waals surface area contributed by atoms with Crippen molar-refractivity contribution in [1.82, 2.24) is 5.32 Å². The molecule has 5 heteroatoms. The quantitative estimate of drug-likeness (QED) is 0.871. The molecule has 110 valence electrons. The van der Waals surface area contributed by atoms with Gasteiger partial charge in [-0.05, 0) is 49.9 Å². The molecule has 4 nitrogen and oxygen atoms in total. The molecule has 20 heavy (non-hydrogen) atoms. The minimum atomic E-state index is -0.313. The van der Waals surface area contributed by atoms with Gasteiger partial charge in [0.05, 0.1) is 12.7 Å². The van der Waals surface area contributed by atoms with E-state index in [1.54, 1.807) is 12.1 Å². The third-order valence-corrected chi connectivity index (χ3v) is 4.01. The Morgan fingerprint density at radius 3 is 2.30 bits per heavy atom. The molecule has 1 aromatic rings. The Balaban J connectivity index is 0.00000147. The molecule has 1 N–H and O–H groups in total. The van der Waals surface area contributed by atoms with Gasteiger partial charge in [0, 0.05) is 12.1 Å². The summed E-state index contributed by atoms with van der Waals surface area (Å²) in [6.45, 7) is 0. The maximum absolute atomic E-state index is 11.3. The van der Waals surface area contributed by atoms with Gasteiger partial charge in [0.2, 0.25) is 0 Å². The summed E-state index contributed by atoms with van der Waals surface area (Å²) in [5.74, 6) is 0.519. The van der Waals surface area contributed by atoms with Gasteiger partial charge < -0.3 is 14.8 Å². The molecular formula is C15H20ClNO3. The molecule has 0 aliphatic carbocycles. The monoisotopic (exact) mass is 297 g/mol. The molecule has 2 saturated heterocycles. The van der Waals surface area contributed by atoms with E-state index >= 15 is 0 Å². The Labute approximate surface area is 125 Å². The second kappa shape index (κ2) is 6.46. The Hall–Kier alpha value is -1.26. The topological polar surface area (TPSA) is 47.6 Å². The summed E-state index contributed by atoms with van der Waals surface area (Å²) < 4.78 is 10.7. The summed E-state index contributed by atoms with van der Waals surface area (Å²) in [7, 11) is 1.39. The van der Waals surface area contributed by atoms with Gasteiger partial charge in [-0.15, -0.1) is 12.4 Å². The van der Waals surface area contributed by atoms with Crippen LogP contribution in [0, 0.1) is 0 Å². The fourth-order valence-electron chi connectivity index (χ4n) is 3.08. The number of rotatable bonds is 3. The van der Waals surface area contributed by atoms with Gasteiger partial charge in [-0.2, -0.15) is 0 Å². The fraction of sp³-hybridized carbons (Fsp3) is 0.533. The number of benzene rings is 1. The second-order valence-electron chi connectivity index (χ2n) is 5.37. The molecule has 0 aromatic heterocycles. The van der Waals surface area contributed by atoms with E-state index in [0.29, 0.717) is 23.8 Å². The lowest BCUT2D eigenvalue weighted by Gasteiger charge is -2.29. The lowest BCUT2D eigenvalue weighted by atomic mass is 10.0. The highest BCUT2D eigenvalue weighted by Crippen LogP contribution is 2.29. The van der Waals surface area contributed by atoms with Crippen molar-refractivity contribution in [1.29, 1.82) is 0 Å². The third-order valence-electron chi connectivity index (χ3n) is 4.01. The molecule has 2 heterocycles. The standard InChI is InChI=1S/C15H19NO3.ClH/c1-18-15(17)10-2-6-13(7-3-10)19-14-8-11-4-5-12(9-14)16-11;/h2-3,6-7,11-12,14,16H,4-5,8-9H2,1H3;1H. The molecule has 0 spiro atoms. The first-order valence-electron chi connectivity index (χ1n) is 6.85. The first kappa shape index (κ1) is 15.1. The first-order valence-corrected chi connectivity index (χ1v) is 6.85. The minimum Gasteiger partial charge on any atom is -0.490 e. The lowest BCUT2D eigenvalue weighted by molar-refractivity contribution is 0.0600. The maximum atomic E-state index is 11.3. The van der Waals surface area contributed by atoms with E-state index in [0.717, 1.165) is 18.6 Å². The molecular weight excluding hydrogens is 278 g/mol. The summed E-state index contributed by atoms with van der Waals surface area (Å²) in [4.78, 5) is 11.3. The zero-order valence-electron chi connectivity index (χ0n) is 11.5. The van der Waals surface area contributed by atoms with E-state index in [-0.39, 0.29) is 18.4 Å². The van der Waals surface area contributed by atoms with Gasteiger partial charge in [0.15, 0.2) is 0 Å². The number of hydrogen-bond donors (Lipinski definition) is 1.